The van der Waals surface area contributed by atoms with Crippen LogP contribution >= 0.6 is 0 Å². The summed E-state index contributed by atoms with van der Waals surface area (Å²) in [5.41, 5.74) is 4.83. The lowest BCUT2D eigenvalue weighted by molar-refractivity contribution is 0.0950. The number of rotatable bonds is 6. The van der Waals surface area contributed by atoms with E-state index < -0.39 is 0 Å². The molecule has 28 heavy (non-hydrogen) atoms. The number of nitrogens with one attached hydrogen (secondary N) is 1. The number of aromatic nitrogens is 2. The zero-order valence-corrected chi connectivity index (χ0v) is 16.3. The fourth-order valence-electron chi connectivity index (χ4n) is 3.70. The van der Waals surface area contributed by atoms with Crippen LogP contribution in [0.25, 0.3) is 5.69 Å². The predicted molar refractivity (Wildman–Crippen MR) is 110 cm³/mol. The predicted octanol–water partition coefficient (Wildman–Crippen LogP) is 3.71. The molecule has 1 aliphatic rings. The van der Waals surface area contributed by atoms with E-state index in [1.54, 1.807) is 10.9 Å². The molecule has 4 rings (SSSR count). The van der Waals surface area contributed by atoms with E-state index in [2.05, 4.69) is 39.6 Å². The Balaban J connectivity index is 1.36. The van der Waals surface area contributed by atoms with Gasteiger partial charge in [0.1, 0.15) is 0 Å². The van der Waals surface area contributed by atoms with Gasteiger partial charge in [-0.25, -0.2) is 4.68 Å². The summed E-state index contributed by atoms with van der Waals surface area (Å²) in [6.45, 7) is 5.85. The zero-order chi connectivity index (χ0) is 19.3. The molecule has 1 amide bonds. The van der Waals surface area contributed by atoms with Crippen molar-refractivity contribution in [2.75, 3.05) is 13.1 Å². The van der Waals surface area contributed by atoms with Gasteiger partial charge in [0.05, 0.1) is 23.1 Å². The number of hydrogen-bond donors (Lipinski definition) is 1. The van der Waals surface area contributed by atoms with E-state index in [0.29, 0.717) is 12.1 Å². The normalized spacial score (nSPS) is 14.3. The molecule has 0 spiro atoms. The smallest absolute Gasteiger partial charge is 0.255 e. The summed E-state index contributed by atoms with van der Waals surface area (Å²) in [5.74, 6) is -0.0965. The molecule has 1 saturated heterocycles. The molecule has 0 bridgehead atoms. The van der Waals surface area contributed by atoms with Crippen molar-refractivity contribution in [2.24, 2.45) is 0 Å². The number of benzene rings is 2. The summed E-state index contributed by atoms with van der Waals surface area (Å²) in [7, 11) is 0. The Morgan fingerprint density at radius 2 is 1.68 bits per heavy atom. The lowest BCUT2D eigenvalue weighted by Gasteiger charge is -2.14. The molecule has 0 unspecified atom stereocenters. The van der Waals surface area contributed by atoms with Gasteiger partial charge in [0.15, 0.2) is 0 Å². The molecule has 1 fully saturated rings. The Morgan fingerprint density at radius 3 is 2.39 bits per heavy atom. The molecule has 2 aromatic carbocycles. The first-order valence-electron chi connectivity index (χ1n) is 9.89. The number of hydrogen-bond acceptors (Lipinski definition) is 3. The van der Waals surface area contributed by atoms with Gasteiger partial charge >= 0.3 is 0 Å². The average Bonchev–Trinajstić information content (AvgIpc) is 3.37. The highest BCUT2D eigenvalue weighted by Crippen LogP contribution is 2.15. The van der Waals surface area contributed by atoms with Gasteiger partial charge in [-0.2, -0.15) is 5.10 Å². The van der Waals surface area contributed by atoms with E-state index >= 15 is 0 Å². The highest BCUT2D eigenvalue weighted by atomic mass is 16.1. The minimum absolute atomic E-state index is 0.0965. The fourth-order valence-corrected chi connectivity index (χ4v) is 3.70. The first-order chi connectivity index (χ1) is 13.7. The van der Waals surface area contributed by atoms with Crippen LogP contribution in [0.3, 0.4) is 0 Å². The topological polar surface area (TPSA) is 50.2 Å². The molecule has 5 nitrogen and oxygen atoms in total. The molecule has 0 atom stereocenters. The second-order valence-electron chi connectivity index (χ2n) is 7.37. The Kier molecular flexibility index (Phi) is 5.53. The molecular weight excluding hydrogens is 348 g/mol. The minimum atomic E-state index is -0.0965. The summed E-state index contributed by atoms with van der Waals surface area (Å²) >= 11 is 0. The summed E-state index contributed by atoms with van der Waals surface area (Å²) in [4.78, 5) is 15.1. The summed E-state index contributed by atoms with van der Waals surface area (Å²) in [6.07, 6.45) is 4.26. The maximum absolute atomic E-state index is 12.6. The van der Waals surface area contributed by atoms with Crippen LogP contribution in [-0.2, 0) is 13.1 Å². The molecule has 0 radical (unpaired) electrons. The minimum Gasteiger partial charge on any atom is -0.348 e. The van der Waals surface area contributed by atoms with Crippen molar-refractivity contribution in [1.82, 2.24) is 20.0 Å². The Labute approximate surface area is 166 Å². The zero-order valence-electron chi connectivity index (χ0n) is 16.3. The lowest BCUT2D eigenvalue weighted by Crippen LogP contribution is -2.23. The molecule has 0 aliphatic carbocycles. The highest BCUT2D eigenvalue weighted by Gasteiger charge is 2.15. The SMILES string of the molecule is Cc1c(C(=O)NCc2ccc(CN3CCCC3)cc2)cnn1-c1ccccc1. The number of amides is 1. The van der Waals surface area contributed by atoms with Gasteiger partial charge in [-0.1, -0.05) is 42.5 Å². The maximum atomic E-state index is 12.6. The van der Waals surface area contributed by atoms with Crippen molar-refractivity contribution in [2.45, 2.75) is 32.9 Å². The number of nitrogens with zero attached hydrogens (tertiary/aromatic N) is 3. The van der Waals surface area contributed by atoms with Crippen LogP contribution in [0.1, 0.15) is 40.0 Å². The third-order valence-corrected chi connectivity index (χ3v) is 5.34. The van der Waals surface area contributed by atoms with Crippen LogP contribution in [0.2, 0.25) is 0 Å². The van der Waals surface area contributed by atoms with Gasteiger partial charge in [0.2, 0.25) is 0 Å². The third-order valence-electron chi connectivity index (χ3n) is 5.34. The first-order valence-corrected chi connectivity index (χ1v) is 9.89. The quantitative estimate of drug-likeness (QED) is 0.716. The number of carbonyl (C=O) groups is 1. The van der Waals surface area contributed by atoms with Crippen molar-refractivity contribution < 1.29 is 4.79 Å². The van der Waals surface area contributed by atoms with Gasteiger partial charge < -0.3 is 5.32 Å². The molecule has 5 heteroatoms. The highest BCUT2D eigenvalue weighted by molar-refractivity contribution is 5.95. The third kappa shape index (κ3) is 4.15. The van der Waals surface area contributed by atoms with Crippen molar-refractivity contribution >= 4 is 5.91 Å². The van der Waals surface area contributed by atoms with E-state index in [-0.39, 0.29) is 5.91 Å². The number of carbonyl (C=O) groups excluding carboxylic acids is 1. The van der Waals surface area contributed by atoms with Gasteiger partial charge in [0, 0.05) is 13.1 Å². The second kappa shape index (κ2) is 8.40. The maximum Gasteiger partial charge on any atom is 0.255 e. The number of likely N-dealkylation sites (tertiary alicyclic amines) is 1. The summed E-state index contributed by atoms with van der Waals surface area (Å²) in [5, 5.41) is 7.38. The Morgan fingerprint density at radius 1 is 1.00 bits per heavy atom. The largest absolute Gasteiger partial charge is 0.348 e. The van der Waals surface area contributed by atoms with Crippen LogP contribution in [-0.4, -0.2) is 33.7 Å². The molecule has 144 valence electrons. The van der Waals surface area contributed by atoms with E-state index in [4.69, 9.17) is 0 Å². The van der Waals surface area contributed by atoms with Crippen molar-refractivity contribution in [3.63, 3.8) is 0 Å². The van der Waals surface area contributed by atoms with Crippen molar-refractivity contribution in [1.29, 1.82) is 0 Å². The average molecular weight is 374 g/mol. The van der Waals surface area contributed by atoms with Crippen LogP contribution < -0.4 is 5.32 Å². The standard InChI is InChI=1S/C23H26N4O/c1-18-22(16-25-27(18)21-7-3-2-4-8-21)23(28)24-15-19-9-11-20(12-10-19)17-26-13-5-6-14-26/h2-4,7-12,16H,5-6,13-15,17H2,1H3,(H,24,28). The number of para-hydroxylation sites is 1. The van der Waals surface area contributed by atoms with Crippen LogP contribution in [0.5, 0.6) is 0 Å². The molecular formula is C23H26N4O. The Hall–Kier alpha value is -2.92. The van der Waals surface area contributed by atoms with Crippen LogP contribution in [0, 0.1) is 6.92 Å². The van der Waals surface area contributed by atoms with E-state index in [1.807, 2.05) is 37.3 Å². The second-order valence-corrected chi connectivity index (χ2v) is 7.37. The van der Waals surface area contributed by atoms with Crippen molar-refractivity contribution in [3.8, 4) is 5.69 Å². The lowest BCUT2D eigenvalue weighted by atomic mass is 10.1. The van der Waals surface area contributed by atoms with Crippen LogP contribution in [0.4, 0.5) is 0 Å². The first kappa shape index (κ1) is 18.4. The van der Waals surface area contributed by atoms with E-state index in [1.165, 1.54) is 31.5 Å². The molecule has 1 aromatic heterocycles. The van der Waals surface area contributed by atoms with Crippen LogP contribution in [0.15, 0.2) is 60.8 Å². The van der Waals surface area contributed by atoms with Gasteiger partial charge in [-0.15, -0.1) is 0 Å². The van der Waals surface area contributed by atoms with Crippen molar-refractivity contribution in [3.05, 3.63) is 83.2 Å². The Bertz CT molecular complexity index is 925. The molecule has 3 aromatic rings. The summed E-state index contributed by atoms with van der Waals surface area (Å²) < 4.78 is 1.79. The van der Waals surface area contributed by atoms with E-state index in [0.717, 1.165) is 23.5 Å². The summed E-state index contributed by atoms with van der Waals surface area (Å²) in [6, 6.07) is 18.4. The monoisotopic (exact) mass is 374 g/mol. The fraction of sp³-hybridized carbons (Fsp3) is 0.304. The molecule has 1 aliphatic heterocycles. The molecule has 0 saturated carbocycles. The van der Waals surface area contributed by atoms with Gasteiger partial charge in [-0.05, 0) is 56.1 Å². The molecule has 1 N–H and O–H groups in total. The van der Waals surface area contributed by atoms with Gasteiger partial charge in [0.25, 0.3) is 5.91 Å². The van der Waals surface area contributed by atoms with E-state index in [9.17, 15) is 4.79 Å². The molecule has 2 heterocycles. The van der Waals surface area contributed by atoms with Gasteiger partial charge in [-0.3, -0.25) is 9.69 Å².